The van der Waals surface area contributed by atoms with E-state index in [9.17, 15) is 18.8 Å². The SMILES string of the molecule is Cc1ccc(C(=O)C(=O)Nc2ccc(F)c(NC(=O)Cc3ccccc3)c2)cc1. The molecule has 0 radical (unpaired) electrons. The van der Waals surface area contributed by atoms with Gasteiger partial charge in [0, 0.05) is 11.3 Å². The van der Waals surface area contributed by atoms with Gasteiger partial charge in [-0.3, -0.25) is 14.4 Å². The van der Waals surface area contributed by atoms with Crippen molar-refractivity contribution in [2.24, 2.45) is 0 Å². The Bertz CT molecular complexity index is 1050. The first-order valence-corrected chi connectivity index (χ1v) is 8.98. The van der Waals surface area contributed by atoms with Crippen LogP contribution in [0.5, 0.6) is 0 Å². The van der Waals surface area contributed by atoms with Crippen LogP contribution in [0.1, 0.15) is 21.5 Å². The number of anilines is 2. The van der Waals surface area contributed by atoms with Gasteiger partial charge in [0.2, 0.25) is 5.91 Å². The molecule has 3 rings (SSSR count). The number of ketones is 1. The Morgan fingerprint density at radius 2 is 1.55 bits per heavy atom. The van der Waals surface area contributed by atoms with Gasteiger partial charge in [-0.1, -0.05) is 60.2 Å². The first-order valence-electron chi connectivity index (χ1n) is 8.98. The molecule has 6 heteroatoms. The number of rotatable bonds is 6. The van der Waals surface area contributed by atoms with Gasteiger partial charge < -0.3 is 10.6 Å². The van der Waals surface area contributed by atoms with Crippen molar-refractivity contribution < 1.29 is 18.8 Å². The molecule has 2 amide bonds. The smallest absolute Gasteiger partial charge is 0.296 e. The third-order valence-electron chi connectivity index (χ3n) is 4.23. The lowest BCUT2D eigenvalue weighted by Gasteiger charge is -2.10. The predicted octanol–water partition coefficient (Wildman–Crippen LogP) is 4.14. The summed E-state index contributed by atoms with van der Waals surface area (Å²) in [6.45, 7) is 1.88. The number of hydrogen-bond donors (Lipinski definition) is 2. The van der Waals surface area contributed by atoms with Crippen LogP contribution in [-0.2, 0) is 16.0 Å². The van der Waals surface area contributed by atoms with Gasteiger partial charge in [-0.25, -0.2) is 4.39 Å². The average Bonchev–Trinajstić information content (AvgIpc) is 2.71. The molecule has 0 spiro atoms. The van der Waals surface area contributed by atoms with Crippen LogP contribution in [0.25, 0.3) is 0 Å². The van der Waals surface area contributed by atoms with Gasteiger partial charge in [0.1, 0.15) is 5.82 Å². The lowest BCUT2D eigenvalue weighted by atomic mass is 10.1. The van der Waals surface area contributed by atoms with Crippen LogP contribution < -0.4 is 10.6 Å². The fourth-order valence-corrected chi connectivity index (χ4v) is 2.70. The molecular formula is C23H19FN2O3. The Morgan fingerprint density at radius 3 is 2.24 bits per heavy atom. The fourth-order valence-electron chi connectivity index (χ4n) is 2.70. The summed E-state index contributed by atoms with van der Waals surface area (Å²) < 4.78 is 14.1. The summed E-state index contributed by atoms with van der Waals surface area (Å²) >= 11 is 0. The number of carbonyl (C=O) groups excluding carboxylic acids is 3. The molecule has 0 saturated heterocycles. The molecule has 0 aromatic heterocycles. The molecule has 0 saturated carbocycles. The quantitative estimate of drug-likeness (QED) is 0.491. The van der Waals surface area contributed by atoms with Crippen LogP contribution in [0.2, 0.25) is 0 Å². The van der Waals surface area contributed by atoms with Crippen LogP contribution >= 0.6 is 0 Å². The molecule has 0 heterocycles. The number of carbonyl (C=O) groups is 3. The van der Waals surface area contributed by atoms with E-state index in [2.05, 4.69) is 10.6 Å². The van der Waals surface area contributed by atoms with Crippen LogP contribution in [0, 0.1) is 12.7 Å². The Balaban J connectivity index is 1.68. The monoisotopic (exact) mass is 390 g/mol. The zero-order valence-corrected chi connectivity index (χ0v) is 15.7. The van der Waals surface area contributed by atoms with E-state index in [4.69, 9.17) is 0 Å². The van der Waals surface area contributed by atoms with Crippen molar-refractivity contribution in [3.63, 3.8) is 0 Å². The van der Waals surface area contributed by atoms with E-state index in [1.807, 2.05) is 25.1 Å². The number of amides is 2. The normalized spacial score (nSPS) is 10.3. The van der Waals surface area contributed by atoms with E-state index in [1.54, 1.807) is 36.4 Å². The van der Waals surface area contributed by atoms with Gasteiger partial charge in [0.15, 0.2) is 0 Å². The van der Waals surface area contributed by atoms with Crippen molar-refractivity contribution >= 4 is 29.0 Å². The molecule has 2 N–H and O–H groups in total. The van der Waals surface area contributed by atoms with Gasteiger partial charge in [-0.2, -0.15) is 0 Å². The van der Waals surface area contributed by atoms with Gasteiger partial charge in [0.05, 0.1) is 12.1 Å². The maximum absolute atomic E-state index is 14.1. The summed E-state index contributed by atoms with van der Waals surface area (Å²) in [5.41, 5.74) is 2.14. The molecule has 0 atom stereocenters. The molecule has 146 valence electrons. The maximum Gasteiger partial charge on any atom is 0.296 e. The average molecular weight is 390 g/mol. The lowest BCUT2D eigenvalue weighted by molar-refractivity contribution is -0.115. The summed E-state index contributed by atoms with van der Waals surface area (Å²) in [7, 11) is 0. The first kappa shape index (κ1) is 19.9. The maximum atomic E-state index is 14.1. The molecule has 0 aliphatic carbocycles. The van der Waals surface area contributed by atoms with Gasteiger partial charge >= 0.3 is 0 Å². The van der Waals surface area contributed by atoms with Crippen molar-refractivity contribution in [1.29, 1.82) is 0 Å². The van der Waals surface area contributed by atoms with Crippen molar-refractivity contribution in [3.8, 4) is 0 Å². The molecule has 5 nitrogen and oxygen atoms in total. The summed E-state index contributed by atoms with van der Waals surface area (Å²) in [4.78, 5) is 36.6. The molecule has 3 aromatic rings. The van der Waals surface area contributed by atoms with Gasteiger partial charge in [0.25, 0.3) is 11.7 Å². The lowest BCUT2D eigenvalue weighted by Crippen LogP contribution is -2.23. The van der Waals surface area contributed by atoms with E-state index >= 15 is 0 Å². The second-order valence-corrected chi connectivity index (χ2v) is 6.55. The zero-order valence-electron chi connectivity index (χ0n) is 15.7. The molecular weight excluding hydrogens is 371 g/mol. The van der Waals surface area contributed by atoms with Crippen LogP contribution in [0.3, 0.4) is 0 Å². The Kier molecular flexibility index (Phi) is 6.14. The minimum atomic E-state index is -0.845. The largest absolute Gasteiger partial charge is 0.323 e. The number of hydrogen-bond acceptors (Lipinski definition) is 3. The highest BCUT2D eigenvalue weighted by atomic mass is 19.1. The number of nitrogens with one attached hydrogen (secondary N) is 2. The summed E-state index contributed by atoms with van der Waals surface area (Å²) in [5, 5.41) is 4.93. The number of aryl methyl sites for hydroxylation is 1. The molecule has 29 heavy (non-hydrogen) atoms. The number of Topliss-reactive ketones (excluding diaryl/α,β-unsaturated/α-hetero) is 1. The molecule has 0 fully saturated rings. The topological polar surface area (TPSA) is 75.3 Å². The predicted molar refractivity (Wildman–Crippen MR) is 109 cm³/mol. The van der Waals surface area contributed by atoms with Crippen LogP contribution in [0.4, 0.5) is 15.8 Å². The van der Waals surface area contributed by atoms with Crippen molar-refractivity contribution in [2.75, 3.05) is 10.6 Å². The minimum absolute atomic E-state index is 0.0773. The molecule has 0 unspecified atom stereocenters. The van der Waals surface area contributed by atoms with E-state index in [0.29, 0.717) is 0 Å². The highest BCUT2D eigenvalue weighted by Crippen LogP contribution is 2.20. The second kappa shape index (κ2) is 8.93. The second-order valence-electron chi connectivity index (χ2n) is 6.55. The molecule has 3 aromatic carbocycles. The van der Waals surface area contributed by atoms with Crippen molar-refractivity contribution in [3.05, 3.63) is 95.3 Å². The van der Waals surface area contributed by atoms with E-state index < -0.39 is 23.4 Å². The third kappa shape index (κ3) is 5.35. The van der Waals surface area contributed by atoms with E-state index in [1.165, 1.54) is 12.1 Å². The Labute approximate surface area is 167 Å². The molecule has 0 aliphatic rings. The fraction of sp³-hybridized carbons (Fsp3) is 0.0870. The molecule has 0 bridgehead atoms. The van der Waals surface area contributed by atoms with Crippen LogP contribution in [-0.4, -0.2) is 17.6 Å². The zero-order chi connectivity index (χ0) is 20.8. The van der Waals surface area contributed by atoms with Crippen LogP contribution in [0.15, 0.2) is 72.8 Å². The summed E-state index contributed by atoms with van der Waals surface area (Å²) in [5.74, 6) is -2.59. The standard InChI is InChI=1S/C23H19FN2O3/c1-15-7-9-17(10-8-15)22(28)23(29)25-18-11-12-19(24)20(14-18)26-21(27)13-16-5-3-2-4-6-16/h2-12,14H,13H2,1H3,(H,25,29)(H,26,27). The third-order valence-corrected chi connectivity index (χ3v) is 4.23. The highest BCUT2D eigenvalue weighted by molar-refractivity contribution is 6.46. The summed E-state index contributed by atoms with van der Waals surface area (Å²) in [6.07, 6.45) is 0.0861. The van der Waals surface area contributed by atoms with E-state index in [-0.39, 0.29) is 23.4 Å². The van der Waals surface area contributed by atoms with Gasteiger partial charge in [-0.05, 0) is 30.7 Å². The van der Waals surface area contributed by atoms with Crippen molar-refractivity contribution in [2.45, 2.75) is 13.3 Å². The number of benzene rings is 3. The minimum Gasteiger partial charge on any atom is -0.323 e. The highest BCUT2D eigenvalue weighted by Gasteiger charge is 2.17. The summed E-state index contributed by atoms with van der Waals surface area (Å²) in [6, 6.07) is 19.4. The first-order chi connectivity index (χ1) is 13.9. The Hall–Kier alpha value is -3.80. The number of halogens is 1. The Morgan fingerprint density at radius 1 is 0.862 bits per heavy atom. The molecule has 0 aliphatic heterocycles. The van der Waals surface area contributed by atoms with Gasteiger partial charge in [-0.15, -0.1) is 0 Å². The van der Waals surface area contributed by atoms with Crippen molar-refractivity contribution in [1.82, 2.24) is 0 Å². The van der Waals surface area contributed by atoms with E-state index in [0.717, 1.165) is 17.2 Å².